The van der Waals surface area contributed by atoms with E-state index in [1.54, 1.807) is 11.8 Å². The number of halogens is 1. The number of sulfonamides is 1. The Kier molecular flexibility index (Phi) is 3.94. The van der Waals surface area contributed by atoms with Gasteiger partial charge in [0.05, 0.1) is 5.75 Å². The van der Waals surface area contributed by atoms with Gasteiger partial charge in [-0.3, -0.25) is 4.79 Å². The summed E-state index contributed by atoms with van der Waals surface area (Å²) < 4.78 is 39.5. The maximum absolute atomic E-state index is 12.9. The SMILES string of the molecule is C[C@H]1C(=O)N2CCC[C@@H]2CN1S(=O)(=O)Cc1ccc(F)cc1. The van der Waals surface area contributed by atoms with Gasteiger partial charge < -0.3 is 4.90 Å². The average molecular weight is 326 g/mol. The van der Waals surface area contributed by atoms with Crippen LogP contribution in [0.15, 0.2) is 24.3 Å². The zero-order valence-corrected chi connectivity index (χ0v) is 13.2. The van der Waals surface area contributed by atoms with Gasteiger partial charge in [-0.1, -0.05) is 12.1 Å². The largest absolute Gasteiger partial charge is 0.337 e. The molecule has 0 aliphatic carbocycles. The summed E-state index contributed by atoms with van der Waals surface area (Å²) in [5.74, 6) is -0.724. The minimum atomic E-state index is -3.61. The number of benzene rings is 1. The molecule has 120 valence electrons. The first-order valence-corrected chi connectivity index (χ1v) is 9.04. The van der Waals surface area contributed by atoms with Crippen LogP contribution < -0.4 is 0 Å². The Morgan fingerprint density at radius 1 is 1.27 bits per heavy atom. The quantitative estimate of drug-likeness (QED) is 0.842. The molecule has 2 aliphatic rings. The number of hydrogen-bond acceptors (Lipinski definition) is 3. The number of carbonyl (C=O) groups excluding carboxylic acids is 1. The molecule has 0 unspecified atom stereocenters. The molecule has 3 rings (SSSR count). The molecule has 1 aromatic carbocycles. The molecule has 0 bridgehead atoms. The summed E-state index contributed by atoms with van der Waals surface area (Å²) in [6.07, 6.45) is 1.77. The van der Waals surface area contributed by atoms with Crippen LogP contribution in [0.4, 0.5) is 4.39 Å². The third-order valence-electron chi connectivity index (χ3n) is 4.46. The number of nitrogens with zero attached hydrogens (tertiary/aromatic N) is 2. The van der Waals surface area contributed by atoms with Crippen LogP contribution in [0.25, 0.3) is 0 Å². The van der Waals surface area contributed by atoms with E-state index >= 15 is 0 Å². The third-order valence-corrected chi connectivity index (χ3v) is 6.34. The molecule has 2 heterocycles. The lowest BCUT2D eigenvalue weighted by Crippen LogP contribution is -2.60. The fourth-order valence-corrected chi connectivity index (χ4v) is 5.02. The molecule has 5 nitrogen and oxygen atoms in total. The number of piperazine rings is 1. The van der Waals surface area contributed by atoms with Gasteiger partial charge in [-0.25, -0.2) is 12.8 Å². The highest BCUT2D eigenvalue weighted by atomic mass is 32.2. The van der Waals surface area contributed by atoms with Gasteiger partial charge in [0.2, 0.25) is 15.9 Å². The van der Waals surface area contributed by atoms with Crippen molar-refractivity contribution in [3.8, 4) is 0 Å². The highest BCUT2D eigenvalue weighted by molar-refractivity contribution is 7.88. The monoisotopic (exact) mass is 326 g/mol. The summed E-state index contributed by atoms with van der Waals surface area (Å²) in [6.45, 7) is 2.72. The molecule has 2 fully saturated rings. The van der Waals surface area contributed by atoms with Crippen molar-refractivity contribution in [2.45, 2.75) is 37.6 Å². The van der Waals surface area contributed by atoms with Gasteiger partial charge in [0.1, 0.15) is 11.9 Å². The van der Waals surface area contributed by atoms with E-state index in [-0.39, 0.29) is 17.7 Å². The molecular weight excluding hydrogens is 307 g/mol. The smallest absolute Gasteiger partial charge is 0.241 e. The van der Waals surface area contributed by atoms with Crippen molar-refractivity contribution in [3.63, 3.8) is 0 Å². The van der Waals surface area contributed by atoms with Crippen LogP contribution >= 0.6 is 0 Å². The van der Waals surface area contributed by atoms with Gasteiger partial charge in [0.15, 0.2) is 0 Å². The van der Waals surface area contributed by atoms with Crippen LogP contribution in [0.1, 0.15) is 25.3 Å². The van der Waals surface area contributed by atoms with E-state index in [0.717, 1.165) is 19.4 Å². The number of hydrogen-bond donors (Lipinski definition) is 0. The molecule has 0 spiro atoms. The summed E-state index contributed by atoms with van der Waals surface area (Å²) in [6, 6.07) is 4.74. The Labute approximate surface area is 129 Å². The van der Waals surface area contributed by atoms with E-state index in [2.05, 4.69) is 0 Å². The third kappa shape index (κ3) is 2.75. The first-order valence-electron chi connectivity index (χ1n) is 7.43. The summed E-state index contributed by atoms with van der Waals surface area (Å²) in [7, 11) is -3.61. The standard InChI is InChI=1S/C15H19FN2O3S/c1-11-15(19)17-8-2-3-14(17)9-18(11)22(20,21)10-12-4-6-13(16)7-5-12/h4-7,11,14H,2-3,8-10H2,1H3/t11-,14+/m0/s1. The molecule has 7 heteroatoms. The zero-order valence-electron chi connectivity index (χ0n) is 12.4. The zero-order chi connectivity index (χ0) is 15.9. The number of amides is 1. The topological polar surface area (TPSA) is 57.7 Å². The van der Waals surface area contributed by atoms with Crippen LogP contribution in [0.5, 0.6) is 0 Å². The maximum atomic E-state index is 12.9. The first-order chi connectivity index (χ1) is 10.4. The second kappa shape index (κ2) is 5.62. The molecule has 2 aliphatic heterocycles. The van der Waals surface area contributed by atoms with Crippen LogP contribution in [0.2, 0.25) is 0 Å². The summed E-state index contributed by atoms with van der Waals surface area (Å²) in [5.41, 5.74) is 0.523. The summed E-state index contributed by atoms with van der Waals surface area (Å²) in [4.78, 5) is 14.1. The minimum absolute atomic E-state index is 0.00769. The summed E-state index contributed by atoms with van der Waals surface area (Å²) in [5, 5.41) is 0. The van der Waals surface area contributed by atoms with E-state index in [1.165, 1.54) is 28.6 Å². The Balaban J connectivity index is 1.82. The molecule has 2 atom stereocenters. The van der Waals surface area contributed by atoms with Crippen LogP contribution in [0.3, 0.4) is 0 Å². The predicted molar refractivity (Wildman–Crippen MR) is 79.9 cm³/mol. The van der Waals surface area contributed by atoms with Crippen LogP contribution in [0, 0.1) is 5.82 Å². The van der Waals surface area contributed by atoms with Crippen molar-refractivity contribution >= 4 is 15.9 Å². The fourth-order valence-electron chi connectivity index (χ4n) is 3.27. The second-order valence-electron chi connectivity index (χ2n) is 5.96. The van der Waals surface area contributed by atoms with Crippen molar-refractivity contribution in [1.82, 2.24) is 9.21 Å². The van der Waals surface area contributed by atoms with Crippen molar-refractivity contribution in [3.05, 3.63) is 35.6 Å². The lowest BCUT2D eigenvalue weighted by molar-refractivity contribution is -0.139. The van der Waals surface area contributed by atoms with Gasteiger partial charge in [0, 0.05) is 19.1 Å². The Hall–Kier alpha value is -1.47. The van der Waals surface area contributed by atoms with E-state index < -0.39 is 21.9 Å². The van der Waals surface area contributed by atoms with Gasteiger partial charge in [-0.05, 0) is 37.5 Å². The number of fused-ring (bicyclic) bond motifs is 1. The highest BCUT2D eigenvalue weighted by Crippen LogP contribution is 2.28. The van der Waals surface area contributed by atoms with Crippen LogP contribution in [-0.4, -0.2) is 48.7 Å². The Morgan fingerprint density at radius 3 is 2.64 bits per heavy atom. The molecule has 1 amide bonds. The Morgan fingerprint density at radius 2 is 1.95 bits per heavy atom. The highest BCUT2D eigenvalue weighted by Gasteiger charge is 2.44. The second-order valence-corrected chi connectivity index (χ2v) is 7.88. The molecule has 0 radical (unpaired) electrons. The molecule has 1 aromatic rings. The lowest BCUT2D eigenvalue weighted by atomic mass is 10.1. The average Bonchev–Trinajstić information content (AvgIpc) is 2.93. The molecule has 2 saturated heterocycles. The van der Waals surface area contributed by atoms with Crippen LogP contribution in [-0.2, 0) is 20.6 Å². The van der Waals surface area contributed by atoms with Gasteiger partial charge in [0.25, 0.3) is 0 Å². The predicted octanol–water partition coefficient (Wildman–Crippen LogP) is 1.35. The Bertz CT molecular complexity index is 675. The van der Waals surface area contributed by atoms with Crippen molar-refractivity contribution in [1.29, 1.82) is 0 Å². The minimum Gasteiger partial charge on any atom is -0.337 e. The lowest BCUT2D eigenvalue weighted by Gasteiger charge is -2.40. The van der Waals surface area contributed by atoms with Gasteiger partial charge in [-0.2, -0.15) is 4.31 Å². The molecule has 0 saturated carbocycles. The van der Waals surface area contributed by atoms with Crippen molar-refractivity contribution in [2.75, 3.05) is 13.1 Å². The fraction of sp³-hybridized carbons (Fsp3) is 0.533. The van der Waals surface area contributed by atoms with Gasteiger partial charge >= 0.3 is 0 Å². The summed E-state index contributed by atoms with van der Waals surface area (Å²) >= 11 is 0. The van der Waals surface area contributed by atoms with Gasteiger partial charge in [-0.15, -0.1) is 0 Å². The van der Waals surface area contributed by atoms with E-state index in [0.29, 0.717) is 12.1 Å². The van der Waals surface area contributed by atoms with Crippen molar-refractivity contribution in [2.24, 2.45) is 0 Å². The van der Waals surface area contributed by atoms with Crippen molar-refractivity contribution < 1.29 is 17.6 Å². The van der Waals surface area contributed by atoms with E-state index in [1.807, 2.05) is 0 Å². The maximum Gasteiger partial charge on any atom is 0.241 e. The van der Waals surface area contributed by atoms with E-state index in [4.69, 9.17) is 0 Å². The molecule has 22 heavy (non-hydrogen) atoms. The number of rotatable bonds is 3. The first kappa shape index (κ1) is 15.4. The number of carbonyl (C=O) groups is 1. The van der Waals surface area contributed by atoms with E-state index in [9.17, 15) is 17.6 Å². The normalized spacial score (nSPS) is 26.3. The molecule has 0 aromatic heterocycles. The molecular formula is C15H19FN2O3S. The molecule has 0 N–H and O–H groups in total.